The van der Waals surface area contributed by atoms with Crippen LogP contribution >= 0.6 is 46.4 Å². The summed E-state index contributed by atoms with van der Waals surface area (Å²) in [4.78, 5) is 27.1. The highest BCUT2D eigenvalue weighted by Gasteiger charge is 2.67. The number of benzene rings is 3. The van der Waals surface area contributed by atoms with Crippen LogP contribution in [-0.4, -0.2) is 23.2 Å². The number of halogens is 5. The molecule has 0 heterocycles. The van der Waals surface area contributed by atoms with Crippen molar-refractivity contribution in [1.82, 2.24) is 0 Å². The number of nitrogens with one attached hydrogen (secondary N) is 1. The first-order chi connectivity index (χ1) is 15.6. The number of amides is 2. The van der Waals surface area contributed by atoms with Crippen LogP contribution in [0.3, 0.4) is 0 Å². The SMILES string of the molecule is CN(C(=O)c1cccc(NC(=O)[C@H]2[C@H](c3cc(Cl)cc(Cl)c3)C2(Cl)Cl)c1F)c1ccccc1. The number of anilines is 2. The molecule has 1 N–H and O–H groups in total. The van der Waals surface area contributed by atoms with Gasteiger partial charge >= 0.3 is 0 Å². The van der Waals surface area contributed by atoms with E-state index in [1.807, 2.05) is 6.07 Å². The number of rotatable bonds is 5. The second-order valence-electron chi connectivity index (χ2n) is 7.69. The molecule has 0 aliphatic heterocycles. The summed E-state index contributed by atoms with van der Waals surface area (Å²) >= 11 is 24.8. The van der Waals surface area contributed by atoms with Gasteiger partial charge in [0.1, 0.15) is 4.33 Å². The average Bonchev–Trinajstić information content (AvgIpc) is 3.36. The monoisotopic (exact) mass is 524 g/mol. The molecule has 9 heteroatoms. The minimum absolute atomic E-state index is 0.147. The summed E-state index contributed by atoms with van der Waals surface area (Å²) in [6, 6.07) is 17.8. The molecule has 1 aliphatic carbocycles. The number of carbonyl (C=O) groups excluding carboxylic acids is 2. The van der Waals surface area contributed by atoms with Crippen molar-refractivity contribution in [2.45, 2.75) is 10.3 Å². The summed E-state index contributed by atoms with van der Waals surface area (Å²) in [5.41, 5.74) is 0.875. The summed E-state index contributed by atoms with van der Waals surface area (Å²) in [5, 5.41) is 3.28. The predicted molar refractivity (Wildman–Crippen MR) is 131 cm³/mol. The van der Waals surface area contributed by atoms with Gasteiger partial charge in [-0.05, 0) is 48.0 Å². The van der Waals surface area contributed by atoms with Gasteiger partial charge in [0.15, 0.2) is 5.82 Å². The van der Waals surface area contributed by atoms with Crippen LogP contribution in [0.5, 0.6) is 0 Å². The molecule has 0 spiro atoms. The molecule has 0 saturated heterocycles. The van der Waals surface area contributed by atoms with E-state index in [0.717, 1.165) is 0 Å². The Morgan fingerprint density at radius 1 is 0.970 bits per heavy atom. The Bertz CT molecular complexity index is 1220. The summed E-state index contributed by atoms with van der Waals surface area (Å²) in [7, 11) is 1.54. The molecule has 3 aromatic rings. The van der Waals surface area contributed by atoms with E-state index in [1.165, 1.54) is 23.1 Å². The molecule has 33 heavy (non-hydrogen) atoms. The maximum atomic E-state index is 15.2. The van der Waals surface area contributed by atoms with Gasteiger partial charge in [-0.1, -0.05) is 47.5 Å². The zero-order valence-corrected chi connectivity index (χ0v) is 20.2. The highest BCUT2D eigenvalue weighted by Crippen LogP contribution is 2.65. The molecule has 1 saturated carbocycles. The van der Waals surface area contributed by atoms with Gasteiger partial charge < -0.3 is 10.2 Å². The number of para-hydroxylation sites is 1. The van der Waals surface area contributed by atoms with Crippen LogP contribution in [0.25, 0.3) is 0 Å². The molecule has 170 valence electrons. The van der Waals surface area contributed by atoms with Crippen LogP contribution in [0.4, 0.5) is 15.8 Å². The van der Waals surface area contributed by atoms with E-state index in [1.54, 1.807) is 49.5 Å². The van der Waals surface area contributed by atoms with Crippen LogP contribution in [0.15, 0.2) is 66.7 Å². The number of nitrogens with zero attached hydrogens (tertiary/aromatic N) is 1. The van der Waals surface area contributed by atoms with Crippen molar-refractivity contribution >= 4 is 69.6 Å². The van der Waals surface area contributed by atoms with Crippen molar-refractivity contribution in [1.29, 1.82) is 0 Å². The average molecular weight is 526 g/mol. The smallest absolute Gasteiger partial charge is 0.261 e. The number of carbonyl (C=O) groups is 2. The van der Waals surface area contributed by atoms with Gasteiger partial charge in [0.05, 0.1) is 17.2 Å². The Morgan fingerprint density at radius 2 is 1.61 bits per heavy atom. The molecular formula is C24H17Cl4FN2O2. The second kappa shape index (κ2) is 9.15. The highest BCUT2D eigenvalue weighted by molar-refractivity contribution is 6.53. The third kappa shape index (κ3) is 4.69. The molecule has 0 bridgehead atoms. The normalized spacial score (nSPS) is 18.5. The van der Waals surface area contributed by atoms with Gasteiger partial charge in [-0.3, -0.25) is 9.59 Å². The van der Waals surface area contributed by atoms with E-state index in [-0.39, 0.29) is 11.3 Å². The van der Waals surface area contributed by atoms with Gasteiger partial charge in [-0.2, -0.15) is 0 Å². The minimum atomic E-state index is -1.41. The molecule has 3 aromatic carbocycles. The van der Waals surface area contributed by atoms with Crippen LogP contribution in [0.2, 0.25) is 10.0 Å². The fraction of sp³-hybridized carbons (Fsp3) is 0.167. The van der Waals surface area contributed by atoms with Crippen molar-refractivity contribution in [2.24, 2.45) is 5.92 Å². The molecule has 0 radical (unpaired) electrons. The maximum Gasteiger partial charge on any atom is 0.261 e. The largest absolute Gasteiger partial charge is 0.323 e. The van der Waals surface area contributed by atoms with Gasteiger partial charge in [-0.25, -0.2) is 4.39 Å². The Hall–Kier alpha value is -2.31. The molecule has 4 rings (SSSR count). The van der Waals surface area contributed by atoms with Crippen LogP contribution in [-0.2, 0) is 4.79 Å². The Kier molecular flexibility index (Phi) is 6.61. The zero-order chi connectivity index (χ0) is 23.9. The number of hydrogen-bond donors (Lipinski definition) is 1. The standard InChI is InChI=1S/C24H17Cl4FN2O2/c1-31(16-6-3-2-4-7-16)23(33)17-8-5-9-18(21(17)29)30-22(32)20-19(24(20,27)28)13-10-14(25)12-15(26)11-13/h2-12,19-20H,1H3,(H,30,32)/t19-,20+/m0/s1. The first-order valence-electron chi connectivity index (χ1n) is 9.87. The van der Waals surface area contributed by atoms with Crippen LogP contribution < -0.4 is 10.2 Å². The molecule has 0 aromatic heterocycles. The lowest BCUT2D eigenvalue weighted by atomic mass is 10.1. The van der Waals surface area contributed by atoms with Crippen molar-refractivity contribution in [3.8, 4) is 0 Å². The molecule has 1 fully saturated rings. The van der Waals surface area contributed by atoms with Crippen LogP contribution in [0, 0.1) is 11.7 Å². The van der Waals surface area contributed by atoms with Gasteiger partial charge in [0.2, 0.25) is 5.91 Å². The van der Waals surface area contributed by atoms with Gasteiger partial charge in [0.25, 0.3) is 5.91 Å². The fourth-order valence-corrected chi connectivity index (χ4v) is 5.15. The van der Waals surface area contributed by atoms with Crippen molar-refractivity contribution in [2.75, 3.05) is 17.3 Å². The molecule has 0 unspecified atom stereocenters. The molecular weight excluding hydrogens is 509 g/mol. The van der Waals surface area contributed by atoms with E-state index in [4.69, 9.17) is 46.4 Å². The zero-order valence-electron chi connectivity index (χ0n) is 17.2. The van der Waals surface area contributed by atoms with Crippen molar-refractivity contribution in [3.05, 3.63) is 93.7 Å². The predicted octanol–water partition coefficient (Wildman–Crippen LogP) is 6.94. The summed E-state index contributed by atoms with van der Waals surface area (Å²) < 4.78 is 13.8. The minimum Gasteiger partial charge on any atom is -0.323 e. The third-order valence-corrected chi connectivity index (χ3v) is 6.89. The highest BCUT2D eigenvalue weighted by atomic mass is 35.5. The lowest BCUT2D eigenvalue weighted by molar-refractivity contribution is -0.117. The van der Waals surface area contributed by atoms with E-state index in [2.05, 4.69) is 5.32 Å². The molecule has 1 aliphatic rings. The topological polar surface area (TPSA) is 49.4 Å². The van der Waals surface area contributed by atoms with Gasteiger partial charge in [-0.15, -0.1) is 23.2 Å². The third-order valence-electron chi connectivity index (χ3n) is 5.52. The summed E-state index contributed by atoms with van der Waals surface area (Å²) in [6.07, 6.45) is 0. The summed E-state index contributed by atoms with van der Waals surface area (Å²) in [5.74, 6) is -3.43. The van der Waals surface area contributed by atoms with E-state index < -0.39 is 33.8 Å². The van der Waals surface area contributed by atoms with Crippen molar-refractivity contribution in [3.63, 3.8) is 0 Å². The van der Waals surface area contributed by atoms with E-state index in [0.29, 0.717) is 21.3 Å². The quantitative estimate of drug-likeness (QED) is 0.367. The fourth-order valence-electron chi connectivity index (χ4n) is 3.78. The lowest BCUT2D eigenvalue weighted by Crippen LogP contribution is -2.27. The van der Waals surface area contributed by atoms with E-state index >= 15 is 4.39 Å². The second-order valence-corrected chi connectivity index (χ2v) is 10.0. The lowest BCUT2D eigenvalue weighted by Gasteiger charge is -2.18. The first kappa shape index (κ1) is 23.8. The Labute approximate surface area is 210 Å². The van der Waals surface area contributed by atoms with E-state index in [9.17, 15) is 9.59 Å². The molecule has 4 nitrogen and oxygen atoms in total. The number of alkyl halides is 2. The molecule has 2 atom stereocenters. The first-order valence-corrected chi connectivity index (χ1v) is 11.4. The van der Waals surface area contributed by atoms with Crippen LogP contribution in [0.1, 0.15) is 21.8 Å². The van der Waals surface area contributed by atoms with Gasteiger partial charge in [0, 0.05) is 28.7 Å². The Morgan fingerprint density at radius 3 is 2.24 bits per heavy atom. The Balaban J connectivity index is 1.55. The maximum absolute atomic E-state index is 15.2. The molecule has 2 amide bonds. The van der Waals surface area contributed by atoms with Crippen molar-refractivity contribution < 1.29 is 14.0 Å². The summed E-state index contributed by atoms with van der Waals surface area (Å²) in [6.45, 7) is 0. The number of hydrogen-bond acceptors (Lipinski definition) is 2.